The SMILES string of the molecule is O=[Si](O)O.[BaH2].[PbH2]. The van der Waals surface area contributed by atoms with Crippen LogP contribution in [-0.2, 0) is 4.46 Å². The van der Waals surface area contributed by atoms with E-state index in [-0.39, 0.29) is 76.2 Å². The van der Waals surface area contributed by atoms with E-state index >= 15 is 0 Å². The van der Waals surface area contributed by atoms with Crippen LogP contribution in [0.25, 0.3) is 0 Å². The standard InChI is InChI=1S/Ba.H2O3Si.Pb.4H/c;1-4(2)3;;;;;/h;1-2H;;;;;. The zero-order valence-electron chi connectivity index (χ0n) is 2.51. The average Bonchev–Trinajstić information content (AvgIpc) is 0.811. The predicted molar refractivity (Wildman–Crippen MR) is 28.0 cm³/mol. The molecule has 0 spiro atoms. The van der Waals surface area contributed by atoms with Gasteiger partial charge in [-0.1, -0.05) is 0 Å². The summed E-state index contributed by atoms with van der Waals surface area (Å²) >= 11 is 0. The Bertz CT molecular complexity index is 33.8. The summed E-state index contributed by atoms with van der Waals surface area (Å²) in [5, 5.41) is 0. The van der Waals surface area contributed by atoms with Gasteiger partial charge in [0, 0.05) is 0 Å². The maximum atomic E-state index is 8.74. The minimum absolute atomic E-state index is 0. The van der Waals surface area contributed by atoms with Crippen LogP contribution in [-0.4, -0.2) is 94.9 Å². The fourth-order valence-corrected chi connectivity index (χ4v) is 0. The van der Waals surface area contributed by atoms with Gasteiger partial charge < -0.3 is 9.59 Å². The van der Waals surface area contributed by atoms with Gasteiger partial charge in [0.05, 0.1) is 0 Å². The summed E-state index contributed by atoms with van der Waals surface area (Å²) in [5.74, 6) is 0. The van der Waals surface area contributed by atoms with Gasteiger partial charge in [0.1, 0.15) is 0 Å². The first-order chi connectivity index (χ1) is 1.73. The van der Waals surface area contributed by atoms with Gasteiger partial charge in [-0.3, -0.25) is 4.46 Å². The quantitative estimate of drug-likeness (QED) is 0.396. The van der Waals surface area contributed by atoms with E-state index in [4.69, 9.17) is 14.1 Å². The van der Waals surface area contributed by atoms with Gasteiger partial charge in [-0.15, -0.1) is 0 Å². The Labute approximate surface area is 97.3 Å². The van der Waals surface area contributed by atoms with Gasteiger partial charge in [-0.25, -0.2) is 0 Å². The molecular formula is H6BaO3PbSi. The molecule has 0 aliphatic rings. The van der Waals surface area contributed by atoms with Crippen molar-refractivity contribution in [2.75, 3.05) is 0 Å². The summed E-state index contributed by atoms with van der Waals surface area (Å²) in [6.45, 7) is 0. The van der Waals surface area contributed by atoms with Crippen molar-refractivity contribution < 1.29 is 14.1 Å². The second-order valence-corrected chi connectivity index (χ2v) is 0.848. The van der Waals surface area contributed by atoms with Crippen LogP contribution < -0.4 is 0 Å². The molecule has 0 atom stereocenters. The monoisotopic (exact) mass is 428 g/mol. The van der Waals surface area contributed by atoms with Gasteiger partial charge in [0.2, 0.25) is 0 Å². The van der Waals surface area contributed by atoms with Crippen molar-refractivity contribution in [2.24, 2.45) is 0 Å². The molecule has 2 radical (unpaired) electrons. The molecule has 0 rings (SSSR count). The van der Waals surface area contributed by atoms with Crippen molar-refractivity contribution in [2.45, 2.75) is 0 Å². The van der Waals surface area contributed by atoms with Gasteiger partial charge in [-0.05, 0) is 0 Å². The van der Waals surface area contributed by atoms with Crippen molar-refractivity contribution in [1.29, 1.82) is 0 Å². The fraction of sp³-hybridized carbons (Fsp3) is 0. The summed E-state index contributed by atoms with van der Waals surface area (Å²) < 4.78 is 8.74. The Morgan fingerprint density at radius 3 is 1.33 bits per heavy atom. The molecule has 0 fully saturated rings. The Kier molecular flexibility index (Phi) is 26.6. The summed E-state index contributed by atoms with van der Waals surface area (Å²) in [6, 6.07) is 0. The topological polar surface area (TPSA) is 57.5 Å². The molecule has 0 saturated carbocycles. The molecule has 0 aliphatic heterocycles. The van der Waals surface area contributed by atoms with Crippen molar-refractivity contribution >= 4 is 85.4 Å². The second kappa shape index (κ2) is 10.2. The van der Waals surface area contributed by atoms with E-state index in [9.17, 15) is 0 Å². The van der Waals surface area contributed by atoms with Crippen molar-refractivity contribution in [3.05, 3.63) is 0 Å². The zero-order valence-corrected chi connectivity index (χ0v) is 9.01. The average molecular weight is 427 g/mol. The van der Waals surface area contributed by atoms with Crippen LogP contribution in [0, 0.1) is 0 Å². The van der Waals surface area contributed by atoms with E-state index in [1.807, 2.05) is 0 Å². The number of hydrogen-bond acceptors (Lipinski definition) is 1. The molecule has 3 nitrogen and oxygen atoms in total. The van der Waals surface area contributed by atoms with Crippen LogP contribution in [0.15, 0.2) is 0 Å². The first-order valence-electron chi connectivity index (χ1n) is 0.651. The van der Waals surface area contributed by atoms with E-state index in [0.29, 0.717) is 0 Å². The van der Waals surface area contributed by atoms with Gasteiger partial charge in [0.15, 0.2) is 0 Å². The molecule has 6 heteroatoms. The molecule has 0 aliphatic carbocycles. The summed E-state index contributed by atoms with van der Waals surface area (Å²) in [4.78, 5) is 14.3. The molecular weight excluding hydrogens is 421 g/mol. The third kappa shape index (κ3) is 35.8. The van der Waals surface area contributed by atoms with Gasteiger partial charge in [-0.2, -0.15) is 0 Å². The third-order valence-corrected chi connectivity index (χ3v) is 0. The van der Waals surface area contributed by atoms with Gasteiger partial charge >= 0.3 is 85.4 Å². The normalized spacial score (nSPS) is 4.00. The van der Waals surface area contributed by atoms with Crippen LogP contribution in [0.5, 0.6) is 0 Å². The molecule has 0 aromatic heterocycles. The predicted octanol–water partition coefficient (Wildman–Crippen LogP) is -3.45. The van der Waals surface area contributed by atoms with Crippen LogP contribution in [0.4, 0.5) is 0 Å². The van der Waals surface area contributed by atoms with Crippen LogP contribution in [0.2, 0.25) is 0 Å². The number of rotatable bonds is 0. The minimum atomic E-state index is -3.13. The van der Waals surface area contributed by atoms with Crippen molar-refractivity contribution in [3.8, 4) is 0 Å². The molecule has 0 heterocycles. The van der Waals surface area contributed by atoms with Crippen LogP contribution >= 0.6 is 0 Å². The molecule has 6 heavy (non-hydrogen) atoms. The van der Waals surface area contributed by atoms with Crippen LogP contribution in [0.3, 0.4) is 0 Å². The summed E-state index contributed by atoms with van der Waals surface area (Å²) in [7, 11) is -3.13. The molecule has 0 unspecified atom stereocenters. The van der Waals surface area contributed by atoms with E-state index in [1.54, 1.807) is 0 Å². The molecule has 34 valence electrons. The molecule has 2 N–H and O–H groups in total. The maximum absolute atomic E-state index is 8.74. The van der Waals surface area contributed by atoms with E-state index in [0.717, 1.165) is 0 Å². The first-order valence-corrected chi connectivity index (χ1v) is 1.95. The van der Waals surface area contributed by atoms with Crippen molar-refractivity contribution in [3.63, 3.8) is 0 Å². The zero-order chi connectivity index (χ0) is 3.58. The third-order valence-electron chi connectivity index (χ3n) is 0. The summed E-state index contributed by atoms with van der Waals surface area (Å²) in [5.41, 5.74) is 0. The molecule has 0 saturated heterocycles. The Hall–Kier alpha value is 2.11. The Morgan fingerprint density at radius 2 is 1.33 bits per heavy atom. The second-order valence-electron chi connectivity index (χ2n) is 0.283. The number of hydrogen-bond donors (Lipinski definition) is 2. The van der Waals surface area contributed by atoms with Crippen LogP contribution in [0.1, 0.15) is 0 Å². The van der Waals surface area contributed by atoms with Crippen molar-refractivity contribution in [1.82, 2.24) is 0 Å². The van der Waals surface area contributed by atoms with E-state index in [2.05, 4.69) is 0 Å². The van der Waals surface area contributed by atoms with E-state index < -0.39 is 9.17 Å². The molecule has 0 aromatic rings. The van der Waals surface area contributed by atoms with Gasteiger partial charge in [0.25, 0.3) is 0 Å². The molecule has 0 bridgehead atoms. The summed E-state index contributed by atoms with van der Waals surface area (Å²) in [6.07, 6.45) is 0. The van der Waals surface area contributed by atoms with E-state index in [1.165, 1.54) is 0 Å². The molecule has 0 amide bonds. The molecule has 0 aromatic carbocycles. The Balaban J connectivity index is -0.0000000450. The first kappa shape index (κ1) is 15.7. The fourth-order valence-electron chi connectivity index (χ4n) is 0. The Morgan fingerprint density at radius 1 is 1.33 bits per heavy atom.